The van der Waals surface area contributed by atoms with E-state index in [1.807, 2.05) is 18.2 Å². The summed E-state index contributed by atoms with van der Waals surface area (Å²) in [4.78, 5) is 0. The summed E-state index contributed by atoms with van der Waals surface area (Å²) in [6.07, 6.45) is 0. The molecule has 0 radical (unpaired) electrons. The Morgan fingerprint density at radius 3 is 2.35 bits per heavy atom. The van der Waals surface area contributed by atoms with Gasteiger partial charge in [0.25, 0.3) is 0 Å². The van der Waals surface area contributed by atoms with Crippen molar-refractivity contribution in [3.63, 3.8) is 0 Å². The van der Waals surface area contributed by atoms with E-state index >= 15 is 0 Å². The summed E-state index contributed by atoms with van der Waals surface area (Å²) in [6.45, 7) is 11.7. The second kappa shape index (κ2) is 5.12. The summed E-state index contributed by atoms with van der Waals surface area (Å²) in [6, 6.07) is 6.04. The molecule has 0 aromatic heterocycles. The second-order valence-corrected chi connectivity index (χ2v) is 11.4. The largest absolute Gasteiger partial charge is 0.543 e. The molecule has 0 saturated carbocycles. The molecule has 0 aliphatic rings. The zero-order valence-corrected chi connectivity index (χ0v) is 13.9. The highest BCUT2D eigenvalue weighted by Crippen LogP contribution is 2.37. The minimum Gasteiger partial charge on any atom is -0.543 e. The summed E-state index contributed by atoms with van der Waals surface area (Å²) >= 11 is 3.49. The first-order valence-corrected chi connectivity index (χ1v) is 9.55. The molecule has 0 aliphatic carbocycles. The smallest absolute Gasteiger partial charge is 0.250 e. The molecule has 4 heteroatoms. The van der Waals surface area contributed by atoms with E-state index in [0.29, 0.717) is 6.54 Å². The molecule has 0 fully saturated rings. The maximum atomic E-state index is 6.23. The van der Waals surface area contributed by atoms with Gasteiger partial charge in [0.15, 0.2) is 0 Å². The Labute approximate surface area is 114 Å². The lowest BCUT2D eigenvalue weighted by Crippen LogP contribution is -2.43. The number of nitrogens with two attached hydrogens (primary N) is 1. The first-order chi connectivity index (χ1) is 7.67. The van der Waals surface area contributed by atoms with Gasteiger partial charge in [0.1, 0.15) is 5.75 Å². The van der Waals surface area contributed by atoms with E-state index in [4.69, 9.17) is 10.2 Å². The van der Waals surface area contributed by atoms with Crippen LogP contribution in [-0.2, 0) is 6.54 Å². The van der Waals surface area contributed by atoms with E-state index in [2.05, 4.69) is 49.8 Å². The molecule has 0 atom stereocenters. The molecular weight excluding hydrogens is 294 g/mol. The van der Waals surface area contributed by atoms with Crippen molar-refractivity contribution >= 4 is 24.2 Å². The van der Waals surface area contributed by atoms with Crippen molar-refractivity contribution in [1.29, 1.82) is 0 Å². The van der Waals surface area contributed by atoms with Crippen molar-refractivity contribution in [2.45, 2.75) is 45.4 Å². The first kappa shape index (κ1) is 14.7. The van der Waals surface area contributed by atoms with Crippen LogP contribution in [0.15, 0.2) is 22.7 Å². The molecule has 0 aliphatic heterocycles. The Hall–Kier alpha value is -0.323. The number of rotatable bonds is 3. The first-order valence-electron chi connectivity index (χ1n) is 5.85. The Kier molecular flexibility index (Phi) is 4.44. The number of benzene rings is 1. The van der Waals surface area contributed by atoms with Crippen molar-refractivity contribution in [2.75, 3.05) is 0 Å². The van der Waals surface area contributed by atoms with Gasteiger partial charge in [0.05, 0.1) is 0 Å². The topological polar surface area (TPSA) is 35.2 Å². The lowest BCUT2D eigenvalue weighted by Gasteiger charge is -2.36. The van der Waals surface area contributed by atoms with Gasteiger partial charge in [-0.25, -0.2) is 0 Å². The number of halogens is 1. The SMILES string of the molecule is CC(C)(C)[Si](C)(C)Oc1ccc(Br)c(CN)c1. The fourth-order valence-electron chi connectivity index (χ4n) is 1.22. The predicted molar refractivity (Wildman–Crippen MR) is 79.9 cm³/mol. The number of hydrogen-bond donors (Lipinski definition) is 1. The van der Waals surface area contributed by atoms with Gasteiger partial charge in [0.2, 0.25) is 8.32 Å². The molecule has 0 heterocycles. The highest BCUT2D eigenvalue weighted by Gasteiger charge is 2.38. The summed E-state index contributed by atoms with van der Waals surface area (Å²) < 4.78 is 7.27. The Morgan fingerprint density at radius 2 is 1.88 bits per heavy atom. The standard InChI is InChI=1S/C13H22BrNOSi/c1-13(2,3)17(4,5)16-11-6-7-12(14)10(8-11)9-15/h6-8H,9,15H2,1-5H3. The second-order valence-electron chi connectivity index (χ2n) is 5.82. The van der Waals surface area contributed by atoms with Crippen molar-refractivity contribution in [1.82, 2.24) is 0 Å². The summed E-state index contributed by atoms with van der Waals surface area (Å²) in [7, 11) is -1.75. The molecule has 2 nitrogen and oxygen atoms in total. The maximum absolute atomic E-state index is 6.23. The van der Waals surface area contributed by atoms with E-state index < -0.39 is 8.32 Å². The molecule has 1 aromatic rings. The lowest BCUT2D eigenvalue weighted by molar-refractivity contribution is 0.491. The monoisotopic (exact) mass is 315 g/mol. The number of hydrogen-bond acceptors (Lipinski definition) is 2. The molecule has 96 valence electrons. The van der Waals surface area contributed by atoms with E-state index in [1.54, 1.807) is 0 Å². The van der Waals surface area contributed by atoms with Gasteiger partial charge in [-0.1, -0.05) is 36.7 Å². The van der Waals surface area contributed by atoms with Gasteiger partial charge in [-0.15, -0.1) is 0 Å². The minimum absolute atomic E-state index is 0.211. The summed E-state index contributed by atoms with van der Waals surface area (Å²) in [5, 5.41) is 0.211. The Balaban J connectivity index is 2.96. The van der Waals surface area contributed by atoms with Crippen LogP contribution < -0.4 is 10.2 Å². The Bertz CT molecular complexity index is 399. The molecule has 1 aromatic carbocycles. The minimum atomic E-state index is -1.75. The molecule has 0 unspecified atom stereocenters. The van der Waals surface area contributed by atoms with E-state index in [9.17, 15) is 0 Å². The fourth-order valence-corrected chi connectivity index (χ4v) is 2.65. The van der Waals surface area contributed by atoms with Crippen LogP contribution in [0.1, 0.15) is 26.3 Å². The van der Waals surface area contributed by atoms with Crippen LogP contribution in [0.25, 0.3) is 0 Å². The van der Waals surface area contributed by atoms with Gasteiger partial charge in [-0.05, 0) is 41.9 Å². The van der Waals surface area contributed by atoms with Crippen LogP contribution >= 0.6 is 15.9 Å². The molecule has 0 saturated heterocycles. The van der Waals surface area contributed by atoms with Crippen LogP contribution in [0.3, 0.4) is 0 Å². The van der Waals surface area contributed by atoms with E-state index in [1.165, 1.54) is 0 Å². The summed E-state index contributed by atoms with van der Waals surface area (Å²) in [5.41, 5.74) is 6.78. The molecule has 1 rings (SSSR count). The van der Waals surface area contributed by atoms with Crippen LogP contribution in [0.4, 0.5) is 0 Å². The van der Waals surface area contributed by atoms with Crippen molar-refractivity contribution in [2.24, 2.45) is 5.73 Å². The van der Waals surface area contributed by atoms with Gasteiger partial charge in [-0.3, -0.25) is 0 Å². The Morgan fingerprint density at radius 1 is 1.29 bits per heavy atom. The normalized spacial score (nSPS) is 12.6. The molecule has 0 spiro atoms. The third kappa shape index (κ3) is 3.57. The molecule has 0 amide bonds. The molecular formula is C13H22BrNOSi. The van der Waals surface area contributed by atoms with Crippen LogP contribution in [0.2, 0.25) is 18.1 Å². The van der Waals surface area contributed by atoms with Gasteiger partial charge in [-0.2, -0.15) is 0 Å². The average molecular weight is 316 g/mol. The zero-order valence-electron chi connectivity index (χ0n) is 11.3. The maximum Gasteiger partial charge on any atom is 0.250 e. The van der Waals surface area contributed by atoms with E-state index in [0.717, 1.165) is 15.8 Å². The average Bonchev–Trinajstić information content (AvgIpc) is 2.19. The highest BCUT2D eigenvalue weighted by atomic mass is 79.9. The molecule has 17 heavy (non-hydrogen) atoms. The van der Waals surface area contributed by atoms with Crippen molar-refractivity contribution in [3.05, 3.63) is 28.2 Å². The molecule has 0 bridgehead atoms. The lowest BCUT2D eigenvalue weighted by atomic mass is 10.2. The van der Waals surface area contributed by atoms with Gasteiger partial charge < -0.3 is 10.2 Å². The fraction of sp³-hybridized carbons (Fsp3) is 0.538. The van der Waals surface area contributed by atoms with Crippen molar-refractivity contribution in [3.8, 4) is 5.75 Å². The van der Waals surface area contributed by atoms with Gasteiger partial charge >= 0.3 is 0 Å². The van der Waals surface area contributed by atoms with Crippen molar-refractivity contribution < 1.29 is 4.43 Å². The quantitative estimate of drug-likeness (QED) is 0.844. The van der Waals surface area contributed by atoms with Crippen LogP contribution in [-0.4, -0.2) is 8.32 Å². The predicted octanol–water partition coefficient (Wildman–Crippen LogP) is 4.29. The third-order valence-corrected chi connectivity index (χ3v) is 8.55. The zero-order chi connectivity index (χ0) is 13.3. The molecule has 2 N–H and O–H groups in total. The van der Waals surface area contributed by atoms with Crippen LogP contribution in [0, 0.1) is 0 Å². The van der Waals surface area contributed by atoms with Crippen LogP contribution in [0.5, 0.6) is 5.75 Å². The third-order valence-electron chi connectivity index (χ3n) is 3.42. The summed E-state index contributed by atoms with van der Waals surface area (Å²) in [5.74, 6) is 0.931. The van der Waals surface area contributed by atoms with Gasteiger partial charge in [0, 0.05) is 11.0 Å². The highest BCUT2D eigenvalue weighted by molar-refractivity contribution is 9.10. The van der Waals surface area contributed by atoms with E-state index in [-0.39, 0.29) is 5.04 Å².